The summed E-state index contributed by atoms with van der Waals surface area (Å²) in [7, 11) is 0. The Labute approximate surface area is 116 Å². The van der Waals surface area contributed by atoms with Gasteiger partial charge in [-0.3, -0.25) is 0 Å². The van der Waals surface area contributed by atoms with Crippen molar-refractivity contribution >= 4 is 0 Å². The molecule has 106 valence electrons. The fourth-order valence-corrected chi connectivity index (χ4v) is 2.64. The summed E-state index contributed by atoms with van der Waals surface area (Å²) in [5.41, 5.74) is 8.18. The molecule has 2 N–H and O–H groups in total. The van der Waals surface area contributed by atoms with Crippen LogP contribution in [0.2, 0.25) is 0 Å². The lowest BCUT2D eigenvalue weighted by Crippen LogP contribution is -2.25. The van der Waals surface area contributed by atoms with E-state index in [-0.39, 0.29) is 0 Å². The van der Waals surface area contributed by atoms with Crippen LogP contribution in [0.5, 0.6) is 5.75 Å². The second kappa shape index (κ2) is 6.92. The number of likely N-dealkylation sites (tertiary alicyclic amines) is 1. The zero-order chi connectivity index (χ0) is 13.7. The summed E-state index contributed by atoms with van der Waals surface area (Å²) >= 11 is 0. The Hall–Kier alpha value is -1.06. The highest BCUT2D eigenvalue weighted by molar-refractivity contribution is 5.35. The number of hydrogen-bond donors (Lipinski definition) is 1. The fraction of sp³-hybridized carbons (Fsp3) is 0.625. The van der Waals surface area contributed by atoms with Gasteiger partial charge in [0.1, 0.15) is 5.75 Å². The van der Waals surface area contributed by atoms with E-state index in [1.807, 2.05) is 0 Å². The standard InChI is InChI=1S/C16H26N2O/c1-13-4-5-14(2)16(10-13)19-9-3-7-18-8-6-15(11-17)12-18/h4-5,10,15H,3,6-9,11-12,17H2,1-2H3. The predicted octanol–water partition coefficient (Wildman–Crippen LogP) is 2.35. The third-order valence-corrected chi connectivity index (χ3v) is 3.92. The van der Waals surface area contributed by atoms with E-state index in [0.29, 0.717) is 5.92 Å². The maximum Gasteiger partial charge on any atom is 0.122 e. The van der Waals surface area contributed by atoms with Crippen LogP contribution in [0.4, 0.5) is 0 Å². The van der Waals surface area contributed by atoms with Gasteiger partial charge in [-0.2, -0.15) is 0 Å². The predicted molar refractivity (Wildman–Crippen MR) is 79.6 cm³/mol. The molecule has 0 saturated carbocycles. The largest absolute Gasteiger partial charge is 0.493 e. The average molecular weight is 262 g/mol. The average Bonchev–Trinajstić information content (AvgIpc) is 2.86. The van der Waals surface area contributed by atoms with Crippen molar-refractivity contribution in [3.05, 3.63) is 29.3 Å². The molecule has 1 saturated heterocycles. The van der Waals surface area contributed by atoms with E-state index in [4.69, 9.17) is 10.5 Å². The minimum Gasteiger partial charge on any atom is -0.493 e. The van der Waals surface area contributed by atoms with Gasteiger partial charge in [-0.1, -0.05) is 12.1 Å². The van der Waals surface area contributed by atoms with Crippen molar-refractivity contribution < 1.29 is 4.74 Å². The zero-order valence-electron chi connectivity index (χ0n) is 12.2. The number of rotatable bonds is 6. The van der Waals surface area contributed by atoms with E-state index in [1.54, 1.807) is 0 Å². The quantitative estimate of drug-likeness (QED) is 0.800. The van der Waals surface area contributed by atoms with E-state index in [9.17, 15) is 0 Å². The first kappa shape index (κ1) is 14.4. The van der Waals surface area contributed by atoms with Gasteiger partial charge in [-0.15, -0.1) is 0 Å². The van der Waals surface area contributed by atoms with Crippen LogP contribution in [0.25, 0.3) is 0 Å². The minimum absolute atomic E-state index is 0.708. The molecular weight excluding hydrogens is 236 g/mol. The Morgan fingerprint density at radius 1 is 1.37 bits per heavy atom. The van der Waals surface area contributed by atoms with Crippen molar-refractivity contribution in [2.24, 2.45) is 11.7 Å². The molecule has 0 spiro atoms. The summed E-state index contributed by atoms with van der Waals surface area (Å²) in [6, 6.07) is 6.37. The van der Waals surface area contributed by atoms with Gasteiger partial charge < -0.3 is 15.4 Å². The lowest BCUT2D eigenvalue weighted by atomic mass is 10.1. The Kier molecular flexibility index (Phi) is 5.23. The van der Waals surface area contributed by atoms with E-state index >= 15 is 0 Å². The molecule has 0 radical (unpaired) electrons. The lowest BCUT2D eigenvalue weighted by molar-refractivity contribution is 0.258. The molecule has 19 heavy (non-hydrogen) atoms. The van der Waals surface area contributed by atoms with Crippen molar-refractivity contribution in [1.29, 1.82) is 0 Å². The summed E-state index contributed by atoms with van der Waals surface area (Å²) in [5, 5.41) is 0. The Morgan fingerprint density at radius 3 is 2.95 bits per heavy atom. The number of hydrogen-bond acceptors (Lipinski definition) is 3. The molecule has 3 heteroatoms. The van der Waals surface area contributed by atoms with Crippen LogP contribution in [-0.2, 0) is 0 Å². The van der Waals surface area contributed by atoms with Crippen molar-refractivity contribution in [2.75, 3.05) is 32.8 Å². The minimum atomic E-state index is 0.708. The first-order valence-corrected chi connectivity index (χ1v) is 7.31. The van der Waals surface area contributed by atoms with E-state index in [2.05, 4.69) is 36.9 Å². The number of nitrogens with two attached hydrogens (primary N) is 1. The molecule has 0 bridgehead atoms. The van der Waals surface area contributed by atoms with Gasteiger partial charge >= 0.3 is 0 Å². The molecule has 1 aliphatic heterocycles. The summed E-state index contributed by atoms with van der Waals surface area (Å²) in [4.78, 5) is 2.50. The molecular formula is C16H26N2O. The van der Waals surface area contributed by atoms with Crippen LogP contribution in [0, 0.1) is 19.8 Å². The Morgan fingerprint density at radius 2 is 2.21 bits per heavy atom. The molecule has 1 fully saturated rings. The molecule has 0 aromatic heterocycles. The molecule has 1 aliphatic rings. The van der Waals surface area contributed by atoms with Gasteiger partial charge in [0.25, 0.3) is 0 Å². The molecule has 1 unspecified atom stereocenters. The van der Waals surface area contributed by atoms with Gasteiger partial charge in [-0.05, 0) is 62.9 Å². The number of ether oxygens (including phenoxy) is 1. The topological polar surface area (TPSA) is 38.5 Å². The smallest absolute Gasteiger partial charge is 0.122 e. The van der Waals surface area contributed by atoms with Crippen LogP contribution in [0.3, 0.4) is 0 Å². The maximum absolute atomic E-state index is 5.88. The summed E-state index contributed by atoms with van der Waals surface area (Å²) in [6.45, 7) is 9.32. The Balaban J connectivity index is 1.68. The second-order valence-corrected chi connectivity index (χ2v) is 5.66. The molecule has 0 aliphatic carbocycles. The third kappa shape index (κ3) is 4.22. The summed E-state index contributed by atoms with van der Waals surface area (Å²) < 4.78 is 5.88. The highest BCUT2D eigenvalue weighted by Crippen LogP contribution is 2.19. The van der Waals surface area contributed by atoms with Crippen LogP contribution >= 0.6 is 0 Å². The van der Waals surface area contributed by atoms with E-state index in [0.717, 1.165) is 31.9 Å². The first-order valence-electron chi connectivity index (χ1n) is 7.31. The third-order valence-electron chi connectivity index (χ3n) is 3.92. The van der Waals surface area contributed by atoms with Crippen molar-refractivity contribution in [3.63, 3.8) is 0 Å². The summed E-state index contributed by atoms with van der Waals surface area (Å²) in [6.07, 6.45) is 2.35. The molecule has 1 aromatic carbocycles. The first-order chi connectivity index (χ1) is 9.19. The summed E-state index contributed by atoms with van der Waals surface area (Å²) in [5.74, 6) is 1.74. The number of aryl methyl sites for hydroxylation is 2. The maximum atomic E-state index is 5.88. The molecule has 0 amide bonds. The van der Waals surface area contributed by atoms with Gasteiger partial charge in [0, 0.05) is 13.1 Å². The van der Waals surface area contributed by atoms with Crippen LogP contribution in [0.1, 0.15) is 24.0 Å². The van der Waals surface area contributed by atoms with Crippen molar-refractivity contribution in [2.45, 2.75) is 26.7 Å². The van der Waals surface area contributed by atoms with Gasteiger partial charge in [0.2, 0.25) is 0 Å². The molecule has 3 nitrogen and oxygen atoms in total. The van der Waals surface area contributed by atoms with Crippen LogP contribution in [0.15, 0.2) is 18.2 Å². The molecule has 2 rings (SSSR count). The van der Waals surface area contributed by atoms with E-state index in [1.165, 1.54) is 30.6 Å². The highest BCUT2D eigenvalue weighted by atomic mass is 16.5. The van der Waals surface area contributed by atoms with E-state index < -0.39 is 0 Å². The van der Waals surface area contributed by atoms with Crippen LogP contribution < -0.4 is 10.5 Å². The Bertz CT molecular complexity index is 406. The second-order valence-electron chi connectivity index (χ2n) is 5.66. The zero-order valence-corrected chi connectivity index (χ0v) is 12.2. The number of benzene rings is 1. The SMILES string of the molecule is Cc1ccc(C)c(OCCCN2CCC(CN)C2)c1. The highest BCUT2D eigenvalue weighted by Gasteiger charge is 2.20. The molecule has 1 heterocycles. The van der Waals surface area contributed by atoms with Crippen molar-refractivity contribution in [1.82, 2.24) is 4.90 Å². The van der Waals surface area contributed by atoms with Crippen molar-refractivity contribution in [3.8, 4) is 5.75 Å². The molecule has 1 atom stereocenters. The van der Waals surface area contributed by atoms with Crippen LogP contribution in [-0.4, -0.2) is 37.7 Å². The lowest BCUT2D eigenvalue weighted by Gasteiger charge is -2.16. The normalized spacial score (nSPS) is 19.8. The monoisotopic (exact) mass is 262 g/mol. The molecule has 1 aromatic rings. The van der Waals surface area contributed by atoms with Gasteiger partial charge in [0.05, 0.1) is 6.61 Å². The number of nitrogens with zero attached hydrogens (tertiary/aromatic N) is 1. The van der Waals surface area contributed by atoms with Gasteiger partial charge in [-0.25, -0.2) is 0 Å². The van der Waals surface area contributed by atoms with Gasteiger partial charge in [0.15, 0.2) is 0 Å². The fourth-order valence-electron chi connectivity index (χ4n) is 2.64.